The molecule has 1 aromatic rings. The van der Waals surface area contributed by atoms with E-state index >= 15 is 0 Å². The molecule has 0 radical (unpaired) electrons. The van der Waals surface area contributed by atoms with Gasteiger partial charge in [-0.15, -0.1) is 11.8 Å². The van der Waals surface area contributed by atoms with Crippen molar-refractivity contribution < 1.29 is 19.5 Å². The number of carboxylic acids is 1. The molecule has 2 amide bonds. The van der Waals surface area contributed by atoms with Gasteiger partial charge in [0.2, 0.25) is 0 Å². The highest BCUT2D eigenvalue weighted by Crippen LogP contribution is 2.32. The third kappa shape index (κ3) is 3.23. The summed E-state index contributed by atoms with van der Waals surface area (Å²) in [6.45, 7) is -0.604. The summed E-state index contributed by atoms with van der Waals surface area (Å²) in [7, 11) is 0. The second-order valence-corrected chi connectivity index (χ2v) is 5.81. The molecule has 0 spiro atoms. The summed E-state index contributed by atoms with van der Waals surface area (Å²) in [5.74, 6) is -1.77. The first kappa shape index (κ1) is 14.7. The van der Waals surface area contributed by atoms with Gasteiger partial charge in [-0.1, -0.05) is 12.1 Å². The zero-order valence-electron chi connectivity index (χ0n) is 10.5. The Labute approximate surface area is 124 Å². The summed E-state index contributed by atoms with van der Waals surface area (Å²) in [6, 6.07) is 7.52. The number of nitrogens with zero attached hydrogens (tertiary/aromatic N) is 1. The molecule has 5 nitrogen and oxygen atoms in total. The second kappa shape index (κ2) is 6.15. The molecule has 1 aromatic carbocycles. The summed E-state index contributed by atoms with van der Waals surface area (Å²) in [5.41, 5.74) is 0.795. The molecule has 1 aliphatic heterocycles. The molecule has 1 heterocycles. The minimum Gasteiger partial charge on any atom is -0.480 e. The van der Waals surface area contributed by atoms with E-state index < -0.39 is 23.7 Å². The van der Waals surface area contributed by atoms with Crippen LogP contribution >= 0.6 is 23.5 Å². The zero-order valence-corrected chi connectivity index (χ0v) is 12.2. The topological polar surface area (TPSA) is 74.7 Å². The van der Waals surface area contributed by atoms with E-state index in [0.29, 0.717) is 0 Å². The van der Waals surface area contributed by atoms with Gasteiger partial charge >= 0.3 is 5.97 Å². The van der Waals surface area contributed by atoms with Gasteiger partial charge in [-0.25, -0.2) is 0 Å². The zero-order chi connectivity index (χ0) is 14.7. The Hall–Kier alpha value is -1.73. The third-order valence-corrected chi connectivity index (χ3v) is 4.23. The highest BCUT2D eigenvalue weighted by Gasteiger charge is 2.36. The largest absolute Gasteiger partial charge is 0.480 e. The lowest BCUT2D eigenvalue weighted by Crippen LogP contribution is -2.33. The van der Waals surface area contributed by atoms with Gasteiger partial charge in [-0.05, 0) is 41.8 Å². The fraction of sp³-hybridized carbons (Fsp3) is 0.154. The van der Waals surface area contributed by atoms with Crippen LogP contribution in [0.1, 0.15) is 5.56 Å². The summed E-state index contributed by atoms with van der Waals surface area (Å²) in [5, 5.41) is 8.11. The number of rotatable bonds is 4. The molecule has 0 atom stereocenters. The minimum absolute atomic E-state index is 0.244. The third-order valence-electron chi connectivity index (χ3n) is 2.58. The van der Waals surface area contributed by atoms with Crippen LogP contribution < -0.4 is 0 Å². The van der Waals surface area contributed by atoms with Crippen LogP contribution in [0.2, 0.25) is 0 Å². The molecule has 104 valence electrons. The lowest BCUT2D eigenvalue weighted by atomic mass is 10.2. The molecule has 1 fully saturated rings. The number of carbonyl (C=O) groups is 3. The van der Waals surface area contributed by atoms with Gasteiger partial charge in [-0.2, -0.15) is 0 Å². The smallest absolute Gasteiger partial charge is 0.323 e. The lowest BCUT2D eigenvalue weighted by Gasteiger charge is -2.07. The Kier molecular flexibility index (Phi) is 4.51. The Morgan fingerprint density at radius 2 is 2.00 bits per heavy atom. The van der Waals surface area contributed by atoms with Crippen LogP contribution in [0.15, 0.2) is 34.1 Å². The van der Waals surface area contributed by atoms with Crippen molar-refractivity contribution in [1.29, 1.82) is 0 Å². The molecule has 1 saturated heterocycles. The van der Waals surface area contributed by atoms with E-state index in [9.17, 15) is 14.4 Å². The maximum atomic E-state index is 11.9. The van der Waals surface area contributed by atoms with Crippen molar-refractivity contribution in [3.63, 3.8) is 0 Å². The van der Waals surface area contributed by atoms with Crippen LogP contribution in [-0.2, 0) is 9.59 Å². The van der Waals surface area contributed by atoms with E-state index in [2.05, 4.69) is 0 Å². The first-order valence-electron chi connectivity index (χ1n) is 5.62. The van der Waals surface area contributed by atoms with Crippen LogP contribution in [0, 0.1) is 0 Å². The van der Waals surface area contributed by atoms with Crippen LogP contribution in [0.3, 0.4) is 0 Å². The molecule has 1 N–H and O–H groups in total. The predicted octanol–water partition coefficient (Wildman–Crippen LogP) is 2.53. The van der Waals surface area contributed by atoms with E-state index in [0.717, 1.165) is 27.1 Å². The number of aliphatic carboxylic acids is 1. The fourth-order valence-corrected chi connectivity index (χ4v) is 2.87. The van der Waals surface area contributed by atoms with Crippen molar-refractivity contribution in [2.24, 2.45) is 0 Å². The molecule has 2 rings (SSSR count). The normalized spacial score (nSPS) is 17.1. The lowest BCUT2D eigenvalue weighted by molar-refractivity contribution is -0.140. The van der Waals surface area contributed by atoms with Gasteiger partial charge in [0.15, 0.2) is 0 Å². The van der Waals surface area contributed by atoms with Crippen molar-refractivity contribution in [1.82, 2.24) is 4.90 Å². The Bertz CT molecular complexity index is 595. The number of carboxylic acid groups (broad SMARTS) is 1. The van der Waals surface area contributed by atoms with Crippen LogP contribution in [0.4, 0.5) is 4.79 Å². The fourth-order valence-electron chi connectivity index (χ4n) is 1.62. The highest BCUT2D eigenvalue weighted by molar-refractivity contribution is 8.18. The number of carbonyl (C=O) groups excluding carboxylic acids is 2. The molecule has 7 heteroatoms. The van der Waals surface area contributed by atoms with Gasteiger partial charge in [0, 0.05) is 4.90 Å². The van der Waals surface area contributed by atoms with Crippen molar-refractivity contribution in [2.75, 3.05) is 12.8 Å². The van der Waals surface area contributed by atoms with Gasteiger partial charge in [0.25, 0.3) is 11.1 Å². The molecular formula is C13H11NO4S2. The van der Waals surface area contributed by atoms with Crippen molar-refractivity contribution in [3.8, 4) is 0 Å². The molecule has 0 saturated carbocycles. The molecule has 0 aromatic heterocycles. The molecule has 1 aliphatic rings. The Morgan fingerprint density at radius 1 is 1.35 bits per heavy atom. The monoisotopic (exact) mass is 309 g/mol. The van der Waals surface area contributed by atoms with Crippen molar-refractivity contribution >= 4 is 46.7 Å². The Balaban J connectivity index is 2.20. The standard InChI is InChI=1S/C13H11NO4S2/c1-19-9-4-2-8(3-5-9)6-10-12(17)14(7-11(15)16)13(18)20-10/h2-6H,7H2,1H3,(H,15,16). The van der Waals surface area contributed by atoms with Gasteiger partial charge in [-0.3, -0.25) is 19.3 Å². The average molecular weight is 309 g/mol. The van der Waals surface area contributed by atoms with E-state index in [1.807, 2.05) is 30.5 Å². The summed E-state index contributed by atoms with van der Waals surface area (Å²) in [4.78, 5) is 36.2. The van der Waals surface area contributed by atoms with E-state index in [4.69, 9.17) is 5.11 Å². The number of imide groups is 1. The number of hydrogen-bond donors (Lipinski definition) is 1. The van der Waals surface area contributed by atoms with Crippen molar-refractivity contribution in [2.45, 2.75) is 4.90 Å². The molecule has 0 unspecified atom stereocenters. The number of benzene rings is 1. The minimum atomic E-state index is -1.21. The summed E-state index contributed by atoms with van der Waals surface area (Å²) >= 11 is 2.37. The summed E-state index contributed by atoms with van der Waals surface area (Å²) < 4.78 is 0. The van der Waals surface area contributed by atoms with Gasteiger partial charge in [0.05, 0.1) is 4.91 Å². The van der Waals surface area contributed by atoms with E-state index in [1.54, 1.807) is 17.8 Å². The maximum Gasteiger partial charge on any atom is 0.323 e. The maximum absolute atomic E-state index is 11.9. The Morgan fingerprint density at radius 3 is 2.55 bits per heavy atom. The van der Waals surface area contributed by atoms with E-state index in [1.165, 1.54) is 0 Å². The predicted molar refractivity (Wildman–Crippen MR) is 78.5 cm³/mol. The molecular weight excluding hydrogens is 298 g/mol. The number of hydrogen-bond acceptors (Lipinski definition) is 5. The second-order valence-electron chi connectivity index (χ2n) is 3.93. The van der Waals surface area contributed by atoms with E-state index in [-0.39, 0.29) is 4.91 Å². The molecule has 20 heavy (non-hydrogen) atoms. The number of thioether (sulfide) groups is 2. The average Bonchev–Trinajstić information content (AvgIpc) is 2.67. The first-order valence-corrected chi connectivity index (χ1v) is 7.66. The quantitative estimate of drug-likeness (QED) is 0.680. The molecule has 0 aliphatic carbocycles. The first-order chi connectivity index (χ1) is 9.51. The number of amides is 2. The highest BCUT2D eigenvalue weighted by atomic mass is 32.2. The molecule has 0 bridgehead atoms. The van der Waals surface area contributed by atoms with Gasteiger partial charge < -0.3 is 5.11 Å². The van der Waals surface area contributed by atoms with Gasteiger partial charge in [0.1, 0.15) is 6.54 Å². The van der Waals surface area contributed by atoms with Crippen LogP contribution in [0.5, 0.6) is 0 Å². The van der Waals surface area contributed by atoms with Crippen LogP contribution in [-0.4, -0.2) is 39.9 Å². The SMILES string of the molecule is CSc1ccc(C=C2SC(=O)N(CC(=O)O)C2=O)cc1. The van der Waals surface area contributed by atoms with Crippen LogP contribution in [0.25, 0.3) is 6.08 Å². The van der Waals surface area contributed by atoms with Crippen molar-refractivity contribution in [3.05, 3.63) is 34.7 Å². The summed E-state index contributed by atoms with van der Waals surface area (Å²) in [6.07, 6.45) is 3.56.